The van der Waals surface area contributed by atoms with Gasteiger partial charge in [0, 0.05) is 11.1 Å². The molecule has 0 spiro atoms. The number of ether oxygens (including phenoxy) is 3. The van der Waals surface area contributed by atoms with Crippen molar-refractivity contribution in [1.29, 1.82) is 0 Å². The maximum Gasteiger partial charge on any atom is 0.129 e. The van der Waals surface area contributed by atoms with Crippen molar-refractivity contribution in [3.63, 3.8) is 0 Å². The highest BCUT2D eigenvalue weighted by atomic mass is 35.5. The van der Waals surface area contributed by atoms with E-state index in [0.29, 0.717) is 29.4 Å². The Kier molecular flexibility index (Phi) is 6.71. The molecule has 168 valence electrons. The summed E-state index contributed by atoms with van der Waals surface area (Å²) in [6.45, 7) is 0.0162. The quantitative estimate of drug-likeness (QED) is 0.549. The van der Waals surface area contributed by atoms with E-state index in [1.165, 1.54) is 0 Å². The van der Waals surface area contributed by atoms with Crippen molar-refractivity contribution in [2.24, 2.45) is 0 Å². The molecule has 2 aliphatic rings. The molecule has 1 fully saturated rings. The van der Waals surface area contributed by atoms with E-state index in [1.807, 2.05) is 30.3 Å². The Hall–Kier alpha value is -1.87. The summed E-state index contributed by atoms with van der Waals surface area (Å²) in [6, 6.07) is 9.49. The maximum atomic E-state index is 10.7. The monoisotopic (exact) mass is 450 g/mol. The van der Waals surface area contributed by atoms with Crippen LogP contribution >= 0.6 is 11.6 Å². The molecule has 0 aliphatic carbocycles. The molecule has 1 saturated heterocycles. The van der Waals surface area contributed by atoms with E-state index >= 15 is 0 Å². The van der Waals surface area contributed by atoms with Crippen molar-refractivity contribution in [1.82, 2.24) is 0 Å². The number of hydrogen-bond donors (Lipinski definition) is 4. The minimum Gasteiger partial charge on any atom is -0.497 e. The lowest BCUT2D eigenvalue weighted by molar-refractivity contribution is -0.232. The molecule has 2 aliphatic heterocycles. The van der Waals surface area contributed by atoms with Gasteiger partial charge in [0.2, 0.25) is 0 Å². The number of aliphatic hydroxyl groups excluding tert-OH is 4. The summed E-state index contributed by atoms with van der Waals surface area (Å²) < 4.78 is 16.9. The number of hydrogen-bond acceptors (Lipinski definition) is 7. The third kappa shape index (κ3) is 4.26. The summed E-state index contributed by atoms with van der Waals surface area (Å²) in [5.74, 6) is 1.30. The van der Waals surface area contributed by atoms with Gasteiger partial charge in [-0.2, -0.15) is 0 Å². The molecule has 8 heteroatoms. The summed E-state index contributed by atoms with van der Waals surface area (Å²) in [5, 5.41) is 41.3. The van der Waals surface area contributed by atoms with Gasteiger partial charge in [-0.15, -0.1) is 0 Å². The Morgan fingerprint density at radius 3 is 2.52 bits per heavy atom. The number of fused-ring (bicyclic) bond motifs is 1. The first-order valence-electron chi connectivity index (χ1n) is 10.3. The van der Waals surface area contributed by atoms with Crippen molar-refractivity contribution in [3.05, 3.63) is 57.6 Å². The third-order valence-corrected chi connectivity index (χ3v) is 6.45. The average Bonchev–Trinajstić information content (AvgIpc) is 2.80. The van der Waals surface area contributed by atoms with Crippen molar-refractivity contribution in [2.75, 3.05) is 20.3 Å². The second-order valence-electron chi connectivity index (χ2n) is 7.97. The molecule has 0 saturated carbocycles. The van der Waals surface area contributed by atoms with Gasteiger partial charge in [-0.1, -0.05) is 23.7 Å². The van der Waals surface area contributed by atoms with Crippen LogP contribution in [-0.2, 0) is 17.6 Å². The van der Waals surface area contributed by atoms with Crippen LogP contribution in [0.1, 0.15) is 34.8 Å². The van der Waals surface area contributed by atoms with Crippen molar-refractivity contribution >= 4 is 11.6 Å². The predicted molar refractivity (Wildman–Crippen MR) is 114 cm³/mol. The Balaban J connectivity index is 1.75. The van der Waals surface area contributed by atoms with Gasteiger partial charge in [0.1, 0.15) is 42.0 Å². The molecule has 4 N–H and O–H groups in total. The van der Waals surface area contributed by atoms with E-state index < -0.39 is 37.1 Å². The summed E-state index contributed by atoms with van der Waals surface area (Å²) in [5.41, 5.74) is 3.26. The number of aliphatic hydroxyl groups is 4. The van der Waals surface area contributed by atoms with Gasteiger partial charge in [-0.25, -0.2) is 0 Å². The molecular formula is C23H27ClO7. The van der Waals surface area contributed by atoms with Gasteiger partial charge in [0.05, 0.1) is 25.3 Å². The molecule has 5 atom stereocenters. The Bertz CT molecular complexity index is 915. The molecule has 0 bridgehead atoms. The highest BCUT2D eigenvalue weighted by Crippen LogP contribution is 2.44. The minimum absolute atomic E-state index is 0.489. The topological polar surface area (TPSA) is 109 Å². The fourth-order valence-electron chi connectivity index (χ4n) is 4.26. The first kappa shape index (κ1) is 22.3. The zero-order valence-corrected chi connectivity index (χ0v) is 18.0. The molecule has 7 nitrogen and oxygen atoms in total. The number of benzene rings is 2. The molecule has 0 amide bonds. The first-order valence-corrected chi connectivity index (χ1v) is 10.7. The molecule has 5 unspecified atom stereocenters. The lowest BCUT2D eigenvalue weighted by atomic mass is 9.87. The lowest BCUT2D eigenvalue weighted by Gasteiger charge is -2.41. The molecular weight excluding hydrogens is 424 g/mol. The van der Waals surface area contributed by atoms with Crippen LogP contribution in [0.3, 0.4) is 0 Å². The van der Waals surface area contributed by atoms with E-state index in [-0.39, 0.29) is 0 Å². The molecule has 2 heterocycles. The van der Waals surface area contributed by atoms with Gasteiger partial charge in [0.25, 0.3) is 0 Å². The smallest absolute Gasteiger partial charge is 0.129 e. The molecule has 2 aromatic carbocycles. The highest BCUT2D eigenvalue weighted by molar-refractivity contribution is 6.32. The Morgan fingerprint density at radius 1 is 1.10 bits per heavy atom. The van der Waals surface area contributed by atoms with Gasteiger partial charge in [-0.3, -0.25) is 0 Å². The van der Waals surface area contributed by atoms with Crippen LogP contribution < -0.4 is 9.47 Å². The molecule has 0 aromatic heterocycles. The van der Waals surface area contributed by atoms with Crippen molar-refractivity contribution in [2.45, 2.75) is 49.8 Å². The van der Waals surface area contributed by atoms with E-state index in [4.69, 9.17) is 25.8 Å². The molecule has 31 heavy (non-hydrogen) atoms. The summed E-state index contributed by atoms with van der Waals surface area (Å²) in [7, 11) is 1.61. The van der Waals surface area contributed by atoms with E-state index in [9.17, 15) is 20.4 Å². The number of halogens is 1. The van der Waals surface area contributed by atoms with Crippen LogP contribution in [0.5, 0.6) is 11.5 Å². The summed E-state index contributed by atoms with van der Waals surface area (Å²) in [6.07, 6.45) is -4.17. The molecule has 2 aromatic rings. The van der Waals surface area contributed by atoms with E-state index in [0.717, 1.165) is 35.3 Å². The fourth-order valence-corrected chi connectivity index (χ4v) is 4.56. The van der Waals surface area contributed by atoms with Gasteiger partial charge >= 0.3 is 0 Å². The summed E-state index contributed by atoms with van der Waals surface area (Å²) in [4.78, 5) is 0. The second-order valence-corrected chi connectivity index (χ2v) is 8.35. The van der Waals surface area contributed by atoms with Crippen LogP contribution in [0.4, 0.5) is 0 Å². The maximum absolute atomic E-state index is 10.7. The van der Waals surface area contributed by atoms with Crippen LogP contribution in [-0.4, -0.2) is 65.2 Å². The zero-order chi connectivity index (χ0) is 22.1. The lowest BCUT2D eigenvalue weighted by Crippen LogP contribution is -2.55. The van der Waals surface area contributed by atoms with Crippen molar-refractivity contribution < 1.29 is 34.6 Å². The minimum atomic E-state index is -1.46. The SMILES string of the molecule is COc1ccc(Cc2cc(C3OC(CO)C(O)C(O)C3O)c3c(c2Cl)CCCO3)cc1. The van der Waals surface area contributed by atoms with Gasteiger partial charge in [0.15, 0.2) is 0 Å². The van der Waals surface area contributed by atoms with Crippen LogP contribution in [0.25, 0.3) is 0 Å². The van der Waals surface area contributed by atoms with E-state index in [2.05, 4.69) is 0 Å². The van der Waals surface area contributed by atoms with Gasteiger partial charge < -0.3 is 34.6 Å². The zero-order valence-electron chi connectivity index (χ0n) is 17.2. The normalized spacial score (nSPS) is 28.0. The van der Waals surface area contributed by atoms with Crippen molar-refractivity contribution in [3.8, 4) is 11.5 Å². The average molecular weight is 451 g/mol. The van der Waals surface area contributed by atoms with Gasteiger partial charge in [-0.05, 0) is 48.6 Å². The van der Waals surface area contributed by atoms with Crippen LogP contribution in [0.2, 0.25) is 5.02 Å². The predicted octanol–water partition coefficient (Wildman–Crippen LogP) is 1.78. The molecule has 0 radical (unpaired) electrons. The summed E-state index contributed by atoms with van der Waals surface area (Å²) >= 11 is 6.75. The first-order chi connectivity index (χ1) is 14.9. The largest absolute Gasteiger partial charge is 0.497 e. The standard InChI is InChI=1S/C23H27ClO7/c1-29-14-6-4-12(5-7-14)9-13-10-16(22-15(18(13)24)3-2-8-30-22)23-21(28)20(27)19(26)17(11-25)31-23/h4-7,10,17,19-21,23,25-28H,2-3,8-9,11H2,1H3. The van der Waals surface area contributed by atoms with Crippen LogP contribution in [0, 0.1) is 0 Å². The Morgan fingerprint density at radius 2 is 1.84 bits per heavy atom. The number of methoxy groups -OCH3 is 1. The fraction of sp³-hybridized carbons (Fsp3) is 0.478. The number of rotatable bonds is 5. The highest BCUT2D eigenvalue weighted by Gasteiger charge is 2.45. The Labute approximate surface area is 185 Å². The van der Waals surface area contributed by atoms with E-state index in [1.54, 1.807) is 7.11 Å². The molecule has 4 rings (SSSR count). The third-order valence-electron chi connectivity index (χ3n) is 5.98. The van der Waals surface area contributed by atoms with Crippen LogP contribution in [0.15, 0.2) is 30.3 Å². The second kappa shape index (κ2) is 9.32.